The van der Waals surface area contributed by atoms with Crippen molar-refractivity contribution in [1.29, 1.82) is 0 Å². The molecule has 14 heavy (non-hydrogen) atoms. The lowest BCUT2D eigenvalue weighted by atomic mass is 10.1. The van der Waals surface area contributed by atoms with Gasteiger partial charge in [0.15, 0.2) is 0 Å². The fraction of sp³-hybridized carbons (Fsp3) is 0.111. The summed E-state index contributed by atoms with van der Waals surface area (Å²) < 4.78 is 13.2. The van der Waals surface area contributed by atoms with Crippen molar-refractivity contribution >= 4 is 27.7 Å². The summed E-state index contributed by atoms with van der Waals surface area (Å²) in [5, 5.41) is 8.31. The molecule has 0 unspecified atom stereocenters. The van der Waals surface area contributed by atoms with E-state index in [2.05, 4.69) is 15.9 Å². The number of ketones is 1. The largest absolute Gasteiger partial charge is 0.475 e. The first kappa shape index (κ1) is 10.8. The predicted molar refractivity (Wildman–Crippen MR) is 50.4 cm³/mol. The SMILES string of the molecule is O=C(O)C(=O)Cc1ccc(Br)c(F)c1. The van der Waals surface area contributed by atoms with Gasteiger partial charge in [0.05, 0.1) is 4.47 Å². The number of halogens is 2. The number of hydrogen-bond acceptors (Lipinski definition) is 2. The van der Waals surface area contributed by atoms with Gasteiger partial charge in [-0.25, -0.2) is 9.18 Å². The zero-order valence-electron chi connectivity index (χ0n) is 6.96. The van der Waals surface area contributed by atoms with Crippen molar-refractivity contribution in [2.75, 3.05) is 0 Å². The Balaban J connectivity index is 2.83. The summed E-state index contributed by atoms with van der Waals surface area (Å²) in [4.78, 5) is 21.0. The molecule has 0 aromatic heterocycles. The summed E-state index contributed by atoms with van der Waals surface area (Å²) in [7, 11) is 0. The molecule has 0 fully saturated rings. The van der Waals surface area contributed by atoms with Crippen molar-refractivity contribution in [2.24, 2.45) is 0 Å². The number of hydrogen-bond donors (Lipinski definition) is 1. The van der Waals surface area contributed by atoms with Crippen molar-refractivity contribution < 1.29 is 19.1 Å². The van der Waals surface area contributed by atoms with Crippen LogP contribution >= 0.6 is 15.9 Å². The molecular weight excluding hydrogens is 255 g/mol. The van der Waals surface area contributed by atoms with Crippen LogP contribution in [0, 0.1) is 5.82 Å². The Morgan fingerprint density at radius 3 is 2.57 bits per heavy atom. The van der Waals surface area contributed by atoms with Crippen LogP contribution in [0.2, 0.25) is 0 Å². The van der Waals surface area contributed by atoms with Crippen molar-refractivity contribution in [3.05, 3.63) is 34.1 Å². The highest BCUT2D eigenvalue weighted by molar-refractivity contribution is 9.10. The maximum atomic E-state index is 12.9. The molecule has 0 spiro atoms. The highest BCUT2D eigenvalue weighted by Gasteiger charge is 2.12. The van der Waals surface area contributed by atoms with Crippen molar-refractivity contribution in [3.8, 4) is 0 Å². The molecule has 1 aromatic carbocycles. The van der Waals surface area contributed by atoms with E-state index in [1.807, 2.05) is 0 Å². The lowest BCUT2D eigenvalue weighted by Gasteiger charge is -1.99. The average Bonchev–Trinajstić information content (AvgIpc) is 2.11. The first-order chi connectivity index (χ1) is 6.50. The van der Waals surface area contributed by atoms with Gasteiger partial charge < -0.3 is 5.11 Å². The third kappa shape index (κ3) is 2.63. The quantitative estimate of drug-likeness (QED) is 0.844. The van der Waals surface area contributed by atoms with Gasteiger partial charge in [0.2, 0.25) is 5.78 Å². The molecule has 1 rings (SSSR count). The summed E-state index contributed by atoms with van der Waals surface area (Å²) in [5.74, 6) is -2.97. The second-order valence-electron chi connectivity index (χ2n) is 2.65. The molecule has 0 aliphatic carbocycles. The van der Waals surface area contributed by atoms with Crippen LogP contribution in [0.25, 0.3) is 0 Å². The molecule has 1 aromatic rings. The van der Waals surface area contributed by atoms with Crippen molar-refractivity contribution in [1.82, 2.24) is 0 Å². The number of carboxylic acid groups (broad SMARTS) is 1. The Morgan fingerprint density at radius 1 is 1.43 bits per heavy atom. The minimum absolute atomic E-state index is 0.282. The molecule has 0 radical (unpaired) electrons. The normalized spacial score (nSPS) is 9.86. The van der Waals surface area contributed by atoms with E-state index in [4.69, 9.17) is 5.11 Å². The molecular formula is C9H6BrFO3. The zero-order chi connectivity index (χ0) is 10.7. The molecule has 0 amide bonds. The Labute approximate surface area is 87.7 Å². The maximum absolute atomic E-state index is 12.9. The summed E-state index contributed by atoms with van der Waals surface area (Å²) in [6, 6.07) is 4.05. The van der Waals surface area contributed by atoms with E-state index in [-0.39, 0.29) is 10.9 Å². The predicted octanol–water partition coefficient (Wildman–Crippen LogP) is 1.78. The molecule has 3 nitrogen and oxygen atoms in total. The zero-order valence-corrected chi connectivity index (χ0v) is 8.54. The Kier molecular flexibility index (Phi) is 3.35. The van der Waals surface area contributed by atoms with Gasteiger partial charge in [0.1, 0.15) is 5.82 Å². The van der Waals surface area contributed by atoms with Crippen LogP contribution in [0.1, 0.15) is 5.56 Å². The number of carbonyl (C=O) groups excluding carboxylic acids is 1. The highest BCUT2D eigenvalue weighted by atomic mass is 79.9. The van der Waals surface area contributed by atoms with Crippen LogP contribution in [0.4, 0.5) is 4.39 Å². The van der Waals surface area contributed by atoms with Gasteiger partial charge in [-0.2, -0.15) is 0 Å². The van der Waals surface area contributed by atoms with E-state index in [0.717, 1.165) is 6.07 Å². The van der Waals surface area contributed by atoms with Gasteiger partial charge in [-0.15, -0.1) is 0 Å². The molecule has 0 heterocycles. The average molecular weight is 261 g/mol. The molecule has 1 N–H and O–H groups in total. The smallest absolute Gasteiger partial charge is 0.372 e. The number of carboxylic acids is 1. The maximum Gasteiger partial charge on any atom is 0.372 e. The molecule has 0 atom stereocenters. The highest BCUT2D eigenvalue weighted by Crippen LogP contribution is 2.16. The molecule has 0 bridgehead atoms. The van der Waals surface area contributed by atoms with Gasteiger partial charge in [-0.1, -0.05) is 6.07 Å². The van der Waals surface area contributed by atoms with Crippen molar-refractivity contribution in [3.63, 3.8) is 0 Å². The molecule has 5 heteroatoms. The Morgan fingerprint density at radius 2 is 2.07 bits per heavy atom. The number of rotatable bonds is 3. The first-order valence-electron chi connectivity index (χ1n) is 3.70. The Bertz CT molecular complexity index is 390. The van der Waals surface area contributed by atoms with Crippen molar-refractivity contribution in [2.45, 2.75) is 6.42 Å². The fourth-order valence-corrected chi connectivity index (χ4v) is 1.16. The lowest BCUT2D eigenvalue weighted by Crippen LogP contribution is -2.15. The molecule has 0 aliphatic rings. The van der Waals surface area contributed by atoms with E-state index < -0.39 is 17.6 Å². The van der Waals surface area contributed by atoms with Crippen LogP contribution in [-0.4, -0.2) is 16.9 Å². The number of Topliss-reactive ketones (excluding diaryl/α,β-unsaturated/α-hetero) is 1. The van der Waals surface area contributed by atoms with E-state index in [9.17, 15) is 14.0 Å². The summed E-state index contributed by atoms with van der Waals surface area (Å²) in [5.41, 5.74) is 0.345. The van der Waals surface area contributed by atoms with Gasteiger partial charge in [0, 0.05) is 6.42 Å². The van der Waals surface area contributed by atoms with Crippen LogP contribution in [0.15, 0.2) is 22.7 Å². The van der Waals surface area contributed by atoms with E-state index >= 15 is 0 Å². The molecule has 0 aliphatic heterocycles. The fourth-order valence-electron chi connectivity index (χ4n) is 0.911. The number of benzene rings is 1. The third-order valence-corrected chi connectivity index (χ3v) is 2.23. The van der Waals surface area contributed by atoms with Crippen LogP contribution in [-0.2, 0) is 16.0 Å². The molecule has 0 saturated heterocycles. The van der Waals surface area contributed by atoms with Gasteiger partial charge >= 0.3 is 5.97 Å². The van der Waals surface area contributed by atoms with Gasteiger partial charge in [0.25, 0.3) is 0 Å². The molecule has 0 saturated carbocycles. The Hall–Kier alpha value is -1.23. The second-order valence-corrected chi connectivity index (χ2v) is 3.51. The van der Waals surface area contributed by atoms with E-state index in [1.54, 1.807) is 0 Å². The van der Waals surface area contributed by atoms with Crippen LogP contribution in [0.3, 0.4) is 0 Å². The lowest BCUT2D eigenvalue weighted by molar-refractivity contribution is -0.148. The van der Waals surface area contributed by atoms with Crippen LogP contribution < -0.4 is 0 Å². The minimum atomic E-state index is -1.51. The topological polar surface area (TPSA) is 54.4 Å². The minimum Gasteiger partial charge on any atom is -0.475 e. The van der Waals surface area contributed by atoms with E-state index in [1.165, 1.54) is 12.1 Å². The number of aliphatic carboxylic acids is 1. The van der Waals surface area contributed by atoms with E-state index in [0.29, 0.717) is 5.56 Å². The van der Waals surface area contributed by atoms with Crippen LogP contribution in [0.5, 0.6) is 0 Å². The third-order valence-electron chi connectivity index (χ3n) is 1.59. The first-order valence-corrected chi connectivity index (χ1v) is 4.50. The standard InChI is InChI=1S/C9H6BrFO3/c10-6-2-1-5(3-7(6)11)4-8(12)9(13)14/h1-3H,4H2,(H,13,14). The second kappa shape index (κ2) is 4.32. The summed E-state index contributed by atoms with van der Waals surface area (Å²) >= 11 is 2.95. The van der Waals surface area contributed by atoms with Gasteiger partial charge in [-0.05, 0) is 33.6 Å². The number of carbonyl (C=O) groups is 2. The summed E-state index contributed by atoms with van der Waals surface area (Å²) in [6.45, 7) is 0. The summed E-state index contributed by atoms with van der Waals surface area (Å²) in [6.07, 6.45) is -0.292. The monoisotopic (exact) mass is 260 g/mol. The van der Waals surface area contributed by atoms with Gasteiger partial charge in [-0.3, -0.25) is 4.79 Å². The molecule has 74 valence electrons.